The summed E-state index contributed by atoms with van der Waals surface area (Å²) in [5.41, 5.74) is 0.741. The molecule has 0 saturated heterocycles. The largest absolute Gasteiger partial charge is 0.496 e. The molecule has 0 aliphatic carbocycles. The van der Waals surface area contributed by atoms with Gasteiger partial charge in [0, 0.05) is 11.9 Å². The van der Waals surface area contributed by atoms with Crippen LogP contribution in [0.2, 0.25) is 5.15 Å². The summed E-state index contributed by atoms with van der Waals surface area (Å²) in [6.45, 7) is 0. The Hall–Kier alpha value is -1.79. The molecular formula is C14H13ClN4OS. The maximum absolute atomic E-state index is 6.18. The van der Waals surface area contributed by atoms with Crippen molar-refractivity contribution in [3.05, 3.63) is 41.4 Å². The number of thioether (sulfide) groups is 1. The summed E-state index contributed by atoms with van der Waals surface area (Å²) in [6, 6.07) is 7.86. The second-order valence-electron chi connectivity index (χ2n) is 4.38. The van der Waals surface area contributed by atoms with Gasteiger partial charge in [-0.3, -0.25) is 4.68 Å². The van der Waals surface area contributed by atoms with Crippen LogP contribution >= 0.6 is 23.4 Å². The molecule has 0 N–H and O–H groups in total. The summed E-state index contributed by atoms with van der Waals surface area (Å²) in [5.74, 6) is 2.13. The zero-order chi connectivity index (χ0) is 14.8. The van der Waals surface area contributed by atoms with Crippen LogP contribution in [-0.2, 0) is 12.8 Å². The summed E-state index contributed by atoms with van der Waals surface area (Å²) >= 11 is 7.79. The van der Waals surface area contributed by atoms with Gasteiger partial charge in [0.05, 0.1) is 24.4 Å². The van der Waals surface area contributed by atoms with Crippen LogP contribution in [0.15, 0.2) is 35.4 Å². The Bertz CT molecular complexity index is 790. The Morgan fingerprint density at radius 3 is 2.90 bits per heavy atom. The van der Waals surface area contributed by atoms with E-state index in [-0.39, 0.29) is 0 Å². The Labute approximate surface area is 131 Å². The first-order chi connectivity index (χ1) is 10.2. The molecule has 108 valence electrons. The summed E-state index contributed by atoms with van der Waals surface area (Å²) in [5, 5.41) is 5.35. The minimum atomic E-state index is 0.434. The fraction of sp³-hybridized carbons (Fsp3) is 0.214. The number of halogens is 1. The van der Waals surface area contributed by atoms with Crippen molar-refractivity contribution >= 4 is 34.4 Å². The number of nitrogens with zero attached hydrogens (tertiary/aromatic N) is 4. The van der Waals surface area contributed by atoms with Crippen LogP contribution in [0.4, 0.5) is 0 Å². The third kappa shape index (κ3) is 2.82. The molecule has 1 aromatic carbocycles. The van der Waals surface area contributed by atoms with Gasteiger partial charge in [-0.1, -0.05) is 23.7 Å². The second kappa shape index (κ2) is 5.91. The SMILES string of the molecule is COc1ccccc1SCc1nc(Cl)c2cnn(C)c2n1. The summed E-state index contributed by atoms with van der Waals surface area (Å²) in [4.78, 5) is 9.88. The molecule has 0 aliphatic rings. The fourth-order valence-electron chi connectivity index (χ4n) is 1.97. The van der Waals surface area contributed by atoms with E-state index in [1.807, 2.05) is 31.3 Å². The zero-order valence-electron chi connectivity index (χ0n) is 11.6. The van der Waals surface area contributed by atoms with Gasteiger partial charge in [-0.25, -0.2) is 9.97 Å². The van der Waals surface area contributed by atoms with E-state index < -0.39 is 0 Å². The highest BCUT2D eigenvalue weighted by molar-refractivity contribution is 7.98. The maximum Gasteiger partial charge on any atom is 0.162 e. The molecule has 0 spiro atoms. The van der Waals surface area contributed by atoms with Gasteiger partial charge in [-0.05, 0) is 12.1 Å². The van der Waals surface area contributed by atoms with Crippen molar-refractivity contribution in [2.75, 3.05) is 7.11 Å². The predicted octanol–water partition coefficient (Wildman–Crippen LogP) is 3.32. The number of rotatable bonds is 4. The number of para-hydroxylation sites is 1. The molecule has 0 aliphatic heterocycles. The predicted molar refractivity (Wildman–Crippen MR) is 83.9 cm³/mol. The molecule has 0 saturated carbocycles. The van der Waals surface area contributed by atoms with E-state index in [4.69, 9.17) is 16.3 Å². The minimum absolute atomic E-state index is 0.434. The number of benzene rings is 1. The van der Waals surface area contributed by atoms with Crippen LogP contribution in [0.1, 0.15) is 5.82 Å². The third-order valence-electron chi connectivity index (χ3n) is 3.02. The van der Waals surface area contributed by atoms with Crippen molar-refractivity contribution < 1.29 is 4.74 Å². The lowest BCUT2D eigenvalue weighted by Crippen LogP contribution is -1.98. The number of ether oxygens (including phenoxy) is 1. The van der Waals surface area contributed by atoms with Crippen molar-refractivity contribution in [1.82, 2.24) is 19.7 Å². The van der Waals surface area contributed by atoms with E-state index >= 15 is 0 Å². The fourth-order valence-corrected chi connectivity index (χ4v) is 3.09. The van der Waals surface area contributed by atoms with Gasteiger partial charge >= 0.3 is 0 Å². The number of aromatic nitrogens is 4. The highest BCUT2D eigenvalue weighted by atomic mass is 35.5. The van der Waals surface area contributed by atoms with E-state index in [2.05, 4.69) is 15.1 Å². The number of methoxy groups -OCH3 is 1. The summed E-state index contributed by atoms with van der Waals surface area (Å²) < 4.78 is 7.03. The van der Waals surface area contributed by atoms with Gasteiger partial charge in [-0.15, -0.1) is 11.8 Å². The van der Waals surface area contributed by atoms with E-state index in [1.165, 1.54) is 0 Å². The second-order valence-corrected chi connectivity index (χ2v) is 5.75. The van der Waals surface area contributed by atoms with Crippen molar-refractivity contribution in [3.8, 4) is 5.75 Å². The van der Waals surface area contributed by atoms with Crippen molar-refractivity contribution in [3.63, 3.8) is 0 Å². The van der Waals surface area contributed by atoms with E-state index in [0.717, 1.165) is 21.7 Å². The standard InChI is InChI=1S/C14H13ClN4OS/c1-19-14-9(7-16-19)13(15)17-12(18-14)8-21-11-6-4-3-5-10(11)20-2/h3-7H,8H2,1-2H3. The van der Waals surface area contributed by atoms with E-state index in [0.29, 0.717) is 16.7 Å². The molecule has 21 heavy (non-hydrogen) atoms. The lowest BCUT2D eigenvalue weighted by atomic mass is 10.3. The summed E-state index contributed by atoms with van der Waals surface area (Å²) in [6.07, 6.45) is 1.68. The topological polar surface area (TPSA) is 52.8 Å². The molecule has 3 aromatic rings. The third-order valence-corrected chi connectivity index (χ3v) is 4.36. The van der Waals surface area contributed by atoms with Gasteiger partial charge in [0.25, 0.3) is 0 Å². The first kappa shape index (κ1) is 14.2. The molecule has 0 bridgehead atoms. The minimum Gasteiger partial charge on any atom is -0.496 e. The van der Waals surface area contributed by atoms with Crippen LogP contribution in [-0.4, -0.2) is 26.9 Å². The maximum atomic E-state index is 6.18. The number of hydrogen-bond donors (Lipinski definition) is 0. The van der Waals surface area contributed by atoms with Gasteiger partial charge in [0.1, 0.15) is 16.7 Å². The average molecular weight is 321 g/mol. The monoisotopic (exact) mass is 320 g/mol. The van der Waals surface area contributed by atoms with Crippen molar-refractivity contribution in [2.24, 2.45) is 7.05 Å². The number of aryl methyl sites for hydroxylation is 1. The van der Waals surface area contributed by atoms with Crippen LogP contribution in [0.3, 0.4) is 0 Å². The highest BCUT2D eigenvalue weighted by Gasteiger charge is 2.11. The molecule has 0 unspecified atom stereocenters. The van der Waals surface area contributed by atoms with Crippen LogP contribution < -0.4 is 4.74 Å². The molecule has 2 heterocycles. The lowest BCUT2D eigenvalue weighted by Gasteiger charge is -2.07. The molecular weight excluding hydrogens is 308 g/mol. The van der Waals surface area contributed by atoms with E-state index in [1.54, 1.807) is 29.8 Å². The van der Waals surface area contributed by atoms with Crippen LogP contribution in [0, 0.1) is 0 Å². The average Bonchev–Trinajstić information content (AvgIpc) is 2.87. The van der Waals surface area contributed by atoms with Gasteiger partial charge in [-0.2, -0.15) is 5.10 Å². The Morgan fingerprint density at radius 1 is 1.29 bits per heavy atom. The molecule has 7 heteroatoms. The molecule has 0 amide bonds. The molecule has 0 fully saturated rings. The smallest absolute Gasteiger partial charge is 0.162 e. The zero-order valence-corrected chi connectivity index (χ0v) is 13.1. The van der Waals surface area contributed by atoms with Crippen molar-refractivity contribution in [1.29, 1.82) is 0 Å². The summed E-state index contributed by atoms with van der Waals surface area (Å²) in [7, 11) is 3.50. The normalized spacial score (nSPS) is 11.0. The quantitative estimate of drug-likeness (QED) is 0.545. The molecule has 0 atom stereocenters. The van der Waals surface area contributed by atoms with Gasteiger partial charge in [0.15, 0.2) is 5.65 Å². The van der Waals surface area contributed by atoms with Crippen molar-refractivity contribution in [2.45, 2.75) is 10.6 Å². The Morgan fingerprint density at radius 2 is 2.10 bits per heavy atom. The Kier molecular flexibility index (Phi) is 3.98. The molecule has 5 nitrogen and oxygen atoms in total. The van der Waals surface area contributed by atoms with E-state index in [9.17, 15) is 0 Å². The number of fused-ring (bicyclic) bond motifs is 1. The number of hydrogen-bond acceptors (Lipinski definition) is 5. The molecule has 3 rings (SSSR count). The Balaban J connectivity index is 1.86. The highest BCUT2D eigenvalue weighted by Crippen LogP contribution is 2.31. The van der Waals surface area contributed by atoms with Crippen LogP contribution in [0.25, 0.3) is 11.0 Å². The van der Waals surface area contributed by atoms with Crippen LogP contribution in [0.5, 0.6) is 5.75 Å². The molecule has 0 radical (unpaired) electrons. The first-order valence-electron chi connectivity index (χ1n) is 6.29. The first-order valence-corrected chi connectivity index (χ1v) is 7.65. The van der Waals surface area contributed by atoms with Gasteiger partial charge in [0.2, 0.25) is 0 Å². The molecule has 2 aromatic heterocycles. The lowest BCUT2D eigenvalue weighted by molar-refractivity contribution is 0.405. The van der Waals surface area contributed by atoms with Gasteiger partial charge < -0.3 is 4.74 Å².